The predicted molar refractivity (Wildman–Crippen MR) is 89.3 cm³/mol. The van der Waals surface area contributed by atoms with Crippen LogP contribution in [0.4, 0.5) is 0 Å². The zero-order valence-corrected chi connectivity index (χ0v) is 14.4. The third kappa shape index (κ3) is 5.44. The first-order valence-corrected chi connectivity index (χ1v) is 7.87. The van der Waals surface area contributed by atoms with Gasteiger partial charge in [0.2, 0.25) is 0 Å². The average Bonchev–Trinajstić information content (AvgIpc) is 2.42. The highest BCUT2D eigenvalue weighted by molar-refractivity contribution is 6.35. The van der Waals surface area contributed by atoms with Gasteiger partial charge in [0.25, 0.3) is 5.91 Å². The highest BCUT2D eigenvalue weighted by Gasteiger charge is 2.27. The van der Waals surface area contributed by atoms with Gasteiger partial charge < -0.3 is 10.2 Å². The fourth-order valence-electron chi connectivity index (χ4n) is 2.35. The molecule has 1 aromatic rings. The lowest BCUT2D eigenvalue weighted by Gasteiger charge is -2.29. The van der Waals surface area contributed by atoms with E-state index in [-0.39, 0.29) is 23.7 Å². The maximum atomic E-state index is 11.8. The molecule has 7 heteroatoms. The minimum absolute atomic E-state index is 0.0437. The van der Waals surface area contributed by atoms with Gasteiger partial charge >= 0.3 is 0 Å². The Bertz CT molecular complexity index is 657. The van der Waals surface area contributed by atoms with Crippen molar-refractivity contribution in [2.75, 3.05) is 6.61 Å². The van der Waals surface area contributed by atoms with Crippen LogP contribution in [0.3, 0.4) is 0 Å². The van der Waals surface area contributed by atoms with Gasteiger partial charge in [-0.3, -0.25) is 15.0 Å². The van der Waals surface area contributed by atoms with Crippen molar-refractivity contribution in [3.8, 4) is 5.75 Å². The number of allylic oxidation sites excluding steroid dienone is 2. The highest BCUT2D eigenvalue weighted by atomic mass is 35.5. The molecule has 0 saturated carbocycles. The molecule has 1 aromatic carbocycles. The summed E-state index contributed by atoms with van der Waals surface area (Å²) in [6.45, 7) is 3.80. The largest absolute Gasteiger partial charge is 0.482 e. The van der Waals surface area contributed by atoms with Crippen molar-refractivity contribution in [3.05, 3.63) is 40.0 Å². The minimum atomic E-state index is -0.382. The van der Waals surface area contributed by atoms with Crippen LogP contribution in [0, 0.1) is 5.41 Å². The van der Waals surface area contributed by atoms with Gasteiger partial charge in [-0.1, -0.05) is 37.0 Å². The normalized spacial score (nSPS) is 16.5. The number of carbonyl (C=O) groups excluding carboxylic acids is 2. The van der Waals surface area contributed by atoms with E-state index < -0.39 is 0 Å². The molecule has 0 aromatic heterocycles. The second kappa shape index (κ2) is 7.23. The number of ketones is 1. The van der Waals surface area contributed by atoms with Gasteiger partial charge in [0.05, 0.1) is 5.02 Å². The van der Waals surface area contributed by atoms with Crippen molar-refractivity contribution in [2.45, 2.75) is 26.7 Å². The third-order valence-corrected chi connectivity index (χ3v) is 3.80. The lowest BCUT2D eigenvalue weighted by atomic mass is 9.79. The zero-order valence-electron chi connectivity index (χ0n) is 12.9. The van der Waals surface area contributed by atoms with Gasteiger partial charge in [-0.2, -0.15) is 0 Å². The quantitative estimate of drug-likeness (QED) is 0.794. The number of amides is 1. The first kappa shape index (κ1) is 17.6. The van der Waals surface area contributed by atoms with E-state index in [1.54, 1.807) is 12.1 Å². The fourth-order valence-corrected chi connectivity index (χ4v) is 2.81. The van der Waals surface area contributed by atoms with Crippen LogP contribution in [-0.4, -0.2) is 18.3 Å². The lowest BCUT2D eigenvalue weighted by molar-refractivity contribution is -0.124. The number of carbonyl (C=O) groups is 2. The van der Waals surface area contributed by atoms with E-state index in [0.717, 1.165) is 0 Å². The van der Waals surface area contributed by atoms with Gasteiger partial charge in [-0.15, -0.1) is 0 Å². The van der Waals surface area contributed by atoms with Crippen LogP contribution in [0.2, 0.25) is 10.0 Å². The first-order valence-electron chi connectivity index (χ1n) is 7.11. The van der Waals surface area contributed by atoms with Crippen LogP contribution >= 0.6 is 23.2 Å². The number of benzene rings is 1. The van der Waals surface area contributed by atoms with Crippen molar-refractivity contribution in [1.82, 2.24) is 10.9 Å². The van der Waals surface area contributed by atoms with Crippen LogP contribution in [0.25, 0.3) is 0 Å². The van der Waals surface area contributed by atoms with Crippen molar-refractivity contribution in [1.29, 1.82) is 0 Å². The van der Waals surface area contributed by atoms with E-state index in [0.29, 0.717) is 34.3 Å². The molecule has 5 nitrogen and oxygen atoms in total. The Morgan fingerprint density at radius 1 is 1.30 bits per heavy atom. The summed E-state index contributed by atoms with van der Waals surface area (Å²) < 4.78 is 5.33. The standard InChI is InChI=1S/C16H18Cl2N2O3/c1-16(2)7-11(6-12(21)8-16)19-20-15(22)9-23-14-4-3-10(17)5-13(14)18/h3-6,19H,7-9H2,1-2H3,(H,20,22). The summed E-state index contributed by atoms with van der Waals surface area (Å²) in [5.41, 5.74) is 5.85. The molecule has 2 N–H and O–H groups in total. The summed E-state index contributed by atoms with van der Waals surface area (Å²) in [4.78, 5) is 23.4. The molecule has 0 bridgehead atoms. The van der Waals surface area contributed by atoms with Crippen LogP contribution < -0.4 is 15.6 Å². The molecule has 1 amide bonds. The Kier molecular flexibility index (Phi) is 5.55. The van der Waals surface area contributed by atoms with Crippen molar-refractivity contribution in [2.24, 2.45) is 5.41 Å². The number of hydrazine groups is 1. The Balaban J connectivity index is 1.82. The SMILES string of the molecule is CC1(C)CC(=O)C=C(NNC(=O)COc2ccc(Cl)cc2Cl)C1. The lowest BCUT2D eigenvalue weighted by Crippen LogP contribution is -2.42. The van der Waals surface area contributed by atoms with Crippen LogP contribution in [0.5, 0.6) is 5.75 Å². The number of rotatable bonds is 5. The van der Waals surface area contributed by atoms with E-state index >= 15 is 0 Å². The zero-order chi connectivity index (χ0) is 17.0. The Labute approximate surface area is 144 Å². The average molecular weight is 357 g/mol. The molecular formula is C16H18Cl2N2O3. The van der Waals surface area contributed by atoms with Gasteiger partial charge in [0, 0.05) is 23.2 Å². The predicted octanol–water partition coefficient (Wildman–Crippen LogP) is 3.27. The molecule has 0 unspecified atom stereocenters. The summed E-state index contributed by atoms with van der Waals surface area (Å²) >= 11 is 11.7. The number of nitrogens with one attached hydrogen (secondary N) is 2. The smallest absolute Gasteiger partial charge is 0.276 e. The first-order chi connectivity index (χ1) is 10.7. The van der Waals surface area contributed by atoms with E-state index in [1.807, 2.05) is 13.8 Å². The van der Waals surface area contributed by atoms with Crippen LogP contribution in [0.15, 0.2) is 30.0 Å². The summed E-state index contributed by atoms with van der Waals surface area (Å²) in [7, 11) is 0. The van der Waals surface area contributed by atoms with Crippen LogP contribution in [0.1, 0.15) is 26.7 Å². The Morgan fingerprint density at radius 2 is 2.04 bits per heavy atom. The second-order valence-electron chi connectivity index (χ2n) is 6.19. The molecule has 0 saturated heterocycles. The summed E-state index contributed by atoms with van der Waals surface area (Å²) in [5, 5.41) is 0.825. The molecule has 1 aliphatic carbocycles. The maximum absolute atomic E-state index is 11.8. The van der Waals surface area contributed by atoms with E-state index in [2.05, 4.69) is 10.9 Å². The molecule has 0 spiro atoms. The van der Waals surface area contributed by atoms with E-state index in [9.17, 15) is 9.59 Å². The molecule has 0 fully saturated rings. The molecule has 0 aliphatic heterocycles. The number of hydrogen-bond acceptors (Lipinski definition) is 4. The molecule has 0 radical (unpaired) electrons. The topological polar surface area (TPSA) is 67.4 Å². The van der Waals surface area contributed by atoms with E-state index in [4.69, 9.17) is 27.9 Å². The van der Waals surface area contributed by atoms with Gasteiger partial charge in [0.1, 0.15) is 5.75 Å². The third-order valence-electron chi connectivity index (χ3n) is 3.27. The minimum Gasteiger partial charge on any atom is -0.482 e. The van der Waals surface area contributed by atoms with Crippen molar-refractivity contribution >= 4 is 34.9 Å². The van der Waals surface area contributed by atoms with Crippen molar-refractivity contribution in [3.63, 3.8) is 0 Å². The van der Waals surface area contributed by atoms with Crippen molar-refractivity contribution < 1.29 is 14.3 Å². The number of hydrogen-bond donors (Lipinski definition) is 2. The fraction of sp³-hybridized carbons (Fsp3) is 0.375. The Morgan fingerprint density at radius 3 is 2.70 bits per heavy atom. The maximum Gasteiger partial charge on any atom is 0.276 e. The number of halogens is 2. The molecule has 23 heavy (non-hydrogen) atoms. The molecule has 2 rings (SSSR count). The van der Waals surface area contributed by atoms with E-state index in [1.165, 1.54) is 12.1 Å². The summed E-state index contributed by atoms with van der Waals surface area (Å²) in [6, 6.07) is 4.75. The van der Waals surface area contributed by atoms with Gasteiger partial charge in [-0.25, -0.2) is 0 Å². The van der Waals surface area contributed by atoms with Crippen LogP contribution in [-0.2, 0) is 9.59 Å². The van der Waals surface area contributed by atoms with Gasteiger partial charge in [-0.05, 0) is 30.0 Å². The highest BCUT2D eigenvalue weighted by Crippen LogP contribution is 2.32. The van der Waals surface area contributed by atoms with Gasteiger partial charge in [0.15, 0.2) is 12.4 Å². The molecule has 1 aliphatic rings. The summed E-state index contributed by atoms with van der Waals surface area (Å²) in [6.07, 6.45) is 2.70. The summed E-state index contributed by atoms with van der Waals surface area (Å²) in [5.74, 6) is 0.0364. The molecule has 0 atom stereocenters. The Hall–Kier alpha value is -1.72. The monoisotopic (exact) mass is 356 g/mol. The number of ether oxygens (including phenoxy) is 1. The molecular weight excluding hydrogens is 339 g/mol. The second-order valence-corrected chi connectivity index (χ2v) is 7.03. The molecule has 0 heterocycles. The molecule has 124 valence electrons.